The molecule has 1 aromatic rings. The van der Waals surface area contributed by atoms with Crippen molar-refractivity contribution in [2.45, 2.75) is 12.6 Å². The molecule has 1 unspecified atom stereocenters. The number of allylic oxidation sites excluding steroid dienone is 2. The molecule has 3 rings (SSSR count). The molecular formula is C18H20N4O3. The van der Waals surface area contributed by atoms with Gasteiger partial charge in [0.1, 0.15) is 0 Å². The fourth-order valence-corrected chi connectivity index (χ4v) is 2.71. The van der Waals surface area contributed by atoms with Crippen LogP contribution in [0, 0.1) is 10.1 Å². The first-order chi connectivity index (χ1) is 12.2. The Hall–Kier alpha value is -2.74. The zero-order valence-corrected chi connectivity index (χ0v) is 13.6. The van der Waals surface area contributed by atoms with E-state index < -0.39 is 0 Å². The third-order valence-electron chi connectivity index (χ3n) is 3.96. The van der Waals surface area contributed by atoms with Crippen molar-refractivity contribution < 1.29 is 10.0 Å². The summed E-state index contributed by atoms with van der Waals surface area (Å²) in [6.07, 6.45) is 13.5. The van der Waals surface area contributed by atoms with Crippen LogP contribution in [0.4, 0.5) is 5.69 Å². The van der Waals surface area contributed by atoms with Gasteiger partial charge in [0.05, 0.1) is 23.1 Å². The van der Waals surface area contributed by atoms with Crippen molar-refractivity contribution in [3.05, 3.63) is 81.7 Å². The number of hydrogen-bond acceptors (Lipinski definition) is 6. The van der Waals surface area contributed by atoms with Crippen molar-refractivity contribution in [2.24, 2.45) is 0 Å². The molecule has 1 heterocycles. The SMILES string of the molecule is O=[N+]([O-])c1cc(CNCCO)ccc1C=CN1C=C2C=CC=CC2N1. The van der Waals surface area contributed by atoms with Gasteiger partial charge in [-0.05, 0) is 23.3 Å². The average molecular weight is 340 g/mol. The Morgan fingerprint density at radius 3 is 3.04 bits per heavy atom. The minimum absolute atomic E-state index is 0.0344. The van der Waals surface area contributed by atoms with Crippen LogP contribution in [0.5, 0.6) is 0 Å². The standard InChI is InChI=1S/C18H20N4O3/c23-10-8-19-12-14-5-6-15(18(11-14)22(24)25)7-9-21-13-16-3-1-2-4-17(16)20-21/h1-7,9,11,13,17,19-20,23H,8,10,12H2. The highest BCUT2D eigenvalue weighted by atomic mass is 16.6. The van der Waals surface area contributed by atoms with Gasteiger partial charge in [0.25, 0.3) is 5.69 Å². The lowest BCUT2D eigenvalue weighted by atomic mass is 10.1. The van der Waals surface area contributed by atoms with E-state index in [2.05, 4.69) is 16.8 Å². The second kappa shape index (κ2) is 7.89. The highest BCUT2D eigenvalue weighted by Gasteiger charge is 2.20. The summed E-state index contributed by atoms with van der Waals surface area (Å²) in [5.74, 6) is 0. The Labute approximate surface area is 145 Å². The molecule has 7 nitrogen and oxygen atoms in total. The summed E-state index contributed by atoms with van der Waals surface area (Å²) in [7, 11) is 0. The summed E-state index contributed by atoms with van der Waals surface area (Å²) in [5.41, 5.74) is 5.82. The summed E-state index contributed by atoms with van der Waals surface area (Å²) >= 11 is 0. The molecule has 0 fully saturated rings. The number of benzene rings is 1. The van der Waals surface area contributed by atoms with Crippen molar-refractivity contribution in [1.29, 1.82) is 0 Å². The Kier molecular flexibility index (Phi) is 5.39. The normalized spacial score (nSPS) is 18.7. The molecule has 7 heteroatoms. The van der Waals surface area contributed by atoms with Crippen LogP contribution in [0.25, 0.3) is 6.08 Å². The lowest BCUT2D eigenvalue weighted by Gasteiger charge is -2.14. The van der Waals surface area contributed by atoms with Gasteiger partial charge in [-0.3, -0.25) is 15.1 Å². The van der Waals surface area contributed by atoms with E-state index in [1.54, 1.807) is 29.4 Å². The number of fused-ring (bicyclic) bond motifs is 1. The lowest BCUT2D eigenvalue weighted by molar-refractivity contribution is -0.385. The second-order valence-corrected chi connectivity index (χ2v) is 5.75. The molecule has 1 aromatic carbocycles. The van der Waals surface area contributed by atoms with Gasteiger partial charge < -0.3 is 10.4 Å². The van der Waals surface area contributed by atoms with E-state index in [1.807, 2.05) is 30.5 Å². The van der Waals surface area contributed by atoms with E-state index in [0.29, 0.717) is 18.7 Å². The molecule has 1 aliphatic carbocycles. The Balaban J connectivity index is 1.73. The molecule has 0 radical (unpaired) electrons. The summed E-state index contributed by atoms with van der Waals surface area (Å²) in [5, 5.41) is 25.0. The zero-order valence-electron chi connectivity index (χ0n) is 13.6. The summed E-state index contributed by atoms with van der Waals surface area (Å²) in [6, 6.07) is 5.29. The molecule has 130 valence electrons. The van der Waals surface area contributed by atoms with Crippen LogP contribution in [0.2, 0.25) is 0 Å². The number of hydrazine groups is 1. The fraction of sp³-hybridized carbons (Fsp3) is 0.222. The molecule has 3 N–H and O–H groups in total. The number of aliphatic hydroxyl groups is 1. The molecule has 0 spiro atoms. The molecule has 1 atom stereocenters. The van der Waals surface area contributed by atoms with Gasteiger partial charge in [-0.25, -0.2) is 5.43 Å². The fourth-order valence-electron chi connectivity index (χ4n) is 2.71. The van der Waals surface area contributed by atoms with Crippen molar-refractivity contribution in [3.63, 3.8) is 0 Å². The van der Waals surface area contributed by atoms with Gasteiger partial charge in [-0.2, -0.15) is 0 Å². The number of nitro benzene ring substituents is 1. The van der Waals surface area contributed by atoms with E-state index in [0.717, 1.165) is 11.1 Å². The average Bonchev–Trinajstić information content (AvgIpc) is 3.03. The van der Waals surface area contributed by atoms with Gasteiger partial charge >= 0.3 is 0 Å². The molecule has 2 aliphatic rings. The molecule has 25 heavy (non-hydrogen) atoms. The van der Waals surface area contributed by atoms with Crippen LogP contribution in [-0.4, -0.2) is 34.2 Å². The van der Waals surface area contributed by atoms with Crippen LogP contribution < -0.4 is 10.7 Å². The van der Waals surface area contributed by atoms with Crippen molar-refractivity contribution >= 4 is 11.8 Å². The minimum Gasteiger partial charge on any atom is -0.395 e. The molecular weight excluding hydrogens is 320 g/mol. The van der Waals surface area contributed by atoms with E-state index in [1.165, 1.54) is 0 Å². The molecule has 1 aliphatic heterocycles. The number of rotatable bonds is 7. The van der Waals surface area contributed by atoms with Gasteiger partial charge in [-0.15, -0.1) is 0 Å². The predicted octanol–water partition coefficient (Wildman–Crippen LogP) is 1.85. The Morgan fingerprint density at radius 1 is 1.40 bits per heavy atom. The number of aliphatic hydroxyl groups excluding tert-OH is 1. The smallest absolute Gasteiger partial charge is 0.276 e. The van der Waals surface area contributed by atoms with E-state index >= 15 is 0 Å². The quantitative estimate of drug-likeness (QED) is 0.399. The van der Waals surface area contributed by atoms with Crippen LogP contribution in [0.3, 0.4) is 0 Å². The van der Waals surface area contributed by atoms with Crippen LogP contribution in [0.1, 0.15) is 11.1 Å². The zero-order chi connectivity index (χ0) is 17.6. The summed E-state index contributed by atoms with van der Waals surface area (Å²) in [4.78, 5) is 11.0. The van der Waals surface area contributed by atoms with Crippen LogP contribution in [0.15, 0.2) is 60.5 Å². The Morgan fingerprint density at radius 2 is 2.28 bits per heavy atom. The van der Waals surface area contributed by atoms with Gasteiger partial charge in [0.15, 0.2) is 0 Å². The Bertz CT molecular complexity index is 768. The minimum atomic E-state index is -0.379. The molecule has 0 aromatic heterocycles. The highest BCUT2D eigenvalue weighted by molar-refractivity contribution is 5.61. The van der Waals surface area contributed by atoms with Gasteiger partial charge in [0, 0.05) is 31.6 Å². The maximum absolute atomic E-state index is 11.4. The topological polar surface area (TPSA) is 90.7 Å². The highest BCUT2D eigenvalue weighted by Crippen LogP contribution is 2.23. The van der Waals surface area contributed by atoms with Crippen LogP contribution in [-0.2, 0) is 6.54 Å². The second-order valence-electron chi connectivity index (χ2n) is 5.75. The van der Waals surface area contributed by atoms with E-state index in [9.17, 15) is 10.1 Å². The first-order valence-electron chi connectivity index (χ1n) is 8.05. The maximum atomic E-state index is 11.4. The lowest BCUT2D eigenvalue weighted by Crippen LogP contribution is -2.31. The van der Waals surface area contributed by atoms with E-state index in [4.69, 9.17) is 5.11 Å². The number of nitrogens with zero attached hydrogens (tertiary/aromatic N) is 2. The molecule has 0 saturated heterocycles. The van der Waals surface area contributed by atoms with Crippen LogP contribution >= 0.6 is 0 Å². The molecule has 0 saturated carbocycles. The van der Waals surface area contributed by atoms with Crippen molar-refractivity contribution in [1.82, 2.24) is 15.8 Å². The van der Waals surface area contributed by atoms with E-state index in [-0.39, 0.29) is 23.3 Å². The van der Waals surface area contributed by atoms with Crippen molar-refractivity contribution in [3.8, 4) is 0 Å². The monoisotopic (exact) mass is 340 g/mol. The molecule has 0 bridgehead atoms. The van der Waals surface area contributed by atoms with Gasteiger partial charge in [-0.1, -0.05) is 30.4 Å². The first kappa shape index (κ1) is 17.1. The summed E-state index contributed by atoms with van der Waals surface area (Å²) in [6.45, 7) is 0.965. The number of hydrogen-bond donors (Lipinski definition) is 3. The first-order valence-corrected chi connectivity index (χ1v) is 8.05. The largest absolute Gasteiger partial charge is 0.395 e. The molecule has 0 amide bonds. The summed E-state index contributed by atoms with van der Waals surface area (Å²) < 4.78 is 0. The number of nitrogens with one attached hydrogen (secondary N) is 2. The third-order valence-corrected chi connectivity index (χ3v) is 3.96. The maximum Gasteiger partial charge on any atom is 0.276 e. The van der Waals surface area contributed by atoms with Gasteiger partial charge in [0.2, 0.25) is 0 Å². The van der Waals surface area contributed by atoms with Crippen molar-refractivity contribution in [2.75, 3.05) is 13.2 Å². The number of nitro groups is 1. The predicted molar refractivity (Wildman–Crippen MR) is 96.0 cm³/mol. The third kappa shape index (κ3) is 4.21.